The molecule has 0 aromatic carbocycles. The summed E-state index contributed by atoms with van der Waals surface area (Å²) in [4.78, 5) is 0. The van der Waals surface area contributed by atoms with Gasteiger partial charge in [0.05, 0.1) is 0 Å². The molecule has 2 aliphatic rings. The smallest absolute Gasteiger partial charge is 0.00116 e. The maximum Gasteiger partial charge on any atom is -0.00116 e. The average molecular weight is 162 g/mol. The van der Waals surface area contributed by atoms with Crippen LogP contribution in [0.2, 0.25) is 0 Å². The van der Waals surface area contributed by atoms with Crippen molar-refractivity contribution in [3.05, 3.63) is 23.3 Å². The highest BCUT2D eigenvalue weighted by Gasteiger charge is 2.31. The third-order valence-corrected chi connectivity index (χ3v) is 3.39. The minimum Gasteiger partial charge on any atom is -0.0807 e. The van der Waals surface area contributed by atoms with Crippen LogP contribution in [0.4, 0.5) is 0 Å². The van der Waals surface area contributed by atoms with E-state index in [-0.39, 0.29) is 0 Å². The van der Waals surface area contributed by atoms with Gasteiger partial charge < -0.3 is 0 Å². The van der Waals surface area contributed by atoms with Gasteiger partial charge in [-0.3, -0.25) is 0 Å². The Kier molecular flexibility index (Phi) is 2.08. The molecule has 0 spiro atoms. The molecule has 0 heterocycles. The van der Waals surface area contributed by atoms with Crippen molar-refractivity contribution in [2.75, 3.05) is 0 Å². The van der Waals surface area contributed by atoms with Crippen LogP contribution < -0.4 is 0 Å². The van der Waals surface area contributed by atoms with Crippen molar-refractivity contribution >= 4 is 0 Å². The maximum absolute atomic E-state index is 2.42. The van der Waals surface area contributed by atoms with Crippen molar-refractivity contribution in [1.82, 2.24) is 0 Å². The van der Waals surface area contributed by atoms with Crippen molar-refractivity contribution in [3.8, 4) is 0 Å². The molecular weight excluding hydrogens is 144 g/mol. The van der Waals surface area contributed by atoms with Gasteiger partial charge in [0.2, 0.25) is 0 Å². The molecule has 0 fully saturated rings. The fraction of sp³-hybridized carbons (Fsp3) is 0.667. The Morgan fingerprint density at radius 1 is 1.33 bits per heavy atom. The molecular formula is C12H18. The molecule has 2 rings (SSSR count). The summed E-state index contributed by atoms with van der Waals surface area (Å²) in [5.74, 6) is 1.66. The zero-order valence-electron chi connectivity index (χ0n) is 8.14. The van der Waals surface area contributed by atoms with Crippen LogP contribution in [0.1, 0.15) is 39.5 Å². The Morgan fingerprint density at radius 3 is 2.67 bits per heavy atom. The minimum atomic E-state index is 0.821. The van der Waals surface area contributed by atoms with E-state index in [2.05, 4.69) is 26.0 Å². The van der Waals surface area contributed by atoms with Gasteiger partial charge in [-0.2, -0.15) is 0 Å². The number of hydrogen-bond donors (Lipinski definition) is 0. The van der Waals surface area contributed by atoms with Crippen LogP contribution in [0.3, 0.4) is 0 Å². The molecule has 0 aromatic heterocycles. The molecule has 2 atom stereocenters. The Bertz CT molecular complexity index is 232. The van der Waals surface area contributed by atoms with Crippen LogP contribution in [0.5, 0.6) is 0 Å². The average Bonchev–Trinajstić information content (AvgIpc) is 2.62. The van der Waals surface area contributed by atoms with E-state index in [0.29, 0.717) is 0 Å². The normalized spacial score (nSPS) is 32.2. The quantitative estimate of drug-likeness (QED) is 0.555. The fourth-order valence-corrected chi connectivity index (χ4v) is 2.56. The second-order valence-electron chi connectivity index (χ2n) is 4.15. The zero-order valence-corrected chi connectivity index (χ0v) is 8.14. The van der Waals surface area contributed by atoms with E-state index in [0.717, 1.165) is 11.8 Å². The summed E-state index contributed by atoms with van der Waals surface area (Å²) in [5, 5.41) is 0. The van der Waals surface area contributed by atoms with E-state index < -0.39 is 0 Å². The van der Waals surface area contributed by atoms with Gasteiger partial charge in [-0.15, -0.1) is 0 Å². The molecule has 0 saturated heterocycles. The highest BCUT2D eigenvalue weighted by Crippen LogP contribution is 2.45. The summed E-state index contributed by atoms with van der Waals surface area (Å²) < 4.78 is 0. The van der Waals surface area contributed by atoms with Gasteiger partial charge in [-0.25, -0.2) is 0 Å². The molecule has 2 unspecified atom stereocenters. The van der Waals surface area contributed by atoms with Crippen molar-refractivity contribution in [2.45, 2.75) is 39.5 Å². The van der Waals surface area contributed by atoms with Gasteiger partial charge in [0.1, 0.15) is 0 Å². The van der Waals surface area contributed by atoms with Gasteiger partial charge in [0.15, 0.2) is 0 Å². The van der Waals surface area contributed by atoms with E-state index in [1.807, 2.05) is 0 Å². The first-order valence-corrected chi connectivity index (χ1v) is 5.20. The van der Waals surface area contributed by atoms with Gasteiger partial charge in [0, 0.05) is 0 Å². The highest BCUT2D eigenvalue weighted by molar-refractivity contribution is 5.36. The van der Waals surface area contributed by atoms with E-state index in [1.54, 1.807) is 11.1 Å². The lowest BCUT2D eigenvalue weighted by atomic mass is 9.94. The van der Waals surface area contributed by atoms with Gasteiger partial charge >= 0.3 is 0 Å². The number of rotatable bonds is 3. The maximum atomic E-state index is 2.42. The predicted molar refractivity (Wildman–Crippen MR) is 53.0 cm³/mol. The Balaban J connectivity index is 2.05. The molecule has 66 valence electrons. The Labute approximate surface area is 75.4 Å². The van der Waals surface area contributed by atoms with Crippen molar-refractivity contribution in [3.63, 3.8) is 0 Å². The lowest BCUT2D eigenvalue weighted by Crippen LogP contribution is -1.96. The van der Waals surface area contributed by atoms with Crippen molar-refractivity contribution in [2.24, 2.45) is 11.8 Å². The lowest BCUT2D eigenvalue weighted by Gasteiger charge is -2.12. The summed E-state index contributed by atoms with van der Waals surface area (Å²) in [6.45, 7) is 4.61. The van der Waals surface area contributed by atoms with Crippen LogP contribution in [-0.4, -0.2) is 0 Å². The van der Waals surface area contributed by atoms with Crippen LogP contribution in [0.25, 0.3) is 0 Å². The first-order valence-electron chi connectivity index (χ1n) is 5.20. The molecule has 0 N–H and O–H groups in total. The molecule has 12 heavy (non-hydrogen) atoms. The topological polar surface area (TPSA) is 0 Å². The summed E-state index contributed by atoms with van der Waals surface area (Å²) in [6, 6.07) is 0. The molecule has 0 radical (unpaired) electrons. The third kappa shape index (κ3) is 1.14. The first-order chi connectivity index (χ1) is 5.83. The largest absolute Gasteiger partial charge is 0.0807 e. The van der Waals surface area contributed by atoms with E-state index in [9.17, 15) is 0 Å². The molecule has 0 saturated carbocycles. The first kappa shape index (κ1) is 8.10. The lowest BCUT2D eigenvalue weighted by molar-refractivity contribution is 0.670. The molecule has 2 bridgehead atoms. The Morgan fingerprint density at radius 2 is 2.08 bits per heavy atom. The molecule has 0 aliphatic heterocycles. The molecule has 0 nitrogen and oxygen atoms in total. The predicted octanol–water partition coefficient (Wildman–Crippen LogP) is 3.70. The Hall–Kier alpha value is -0.520. The van der Waals surface area contributed by atoms with Crippen LogP contribution in [-0.2, 0) is 0 Å². The minimum absolute atomic E-state index is 0.821. The van der Waals surface area contributed by atoms with E-state index >= 15 is 0 Å². The van der Waals surface area contributed by atoms with Crippen LogP contribution in [0.15, 0.2) is 23.3 Å². The highest BCUT2D eigenvalue weighted by atomic mass is 14.4. The second kappa shape index (κ2) is 3.08. The number of hydrogen-bond acceptors (Lipinski definition) is 0. The third-order valence-electron chi connectivity index (χ3n) is 3.39. The summed E-state index contributed by atoms with van der Waals surface area (Å²) >= 11 is 0. The second-order valence-corrected chi connectivity index (χ2v) is 4.15. The fourth-order valence-electron chi connectivity index (χ4n) is 2.56. The molecule has 0 amide bonds. The van der Waals surface area contributed by atoms with E-state index in [4.69, 9.17) is 0 Å². The van der Waals surface area contributed by atoms with Crippen molar-refractivity contribution in [1.29, 1.82) is 0 Å². The summed E-state index contributed by atoms with van der Waals surface area (Å²) in [6.07, 6.45) is 10.3. The zero-order chi connectivity index (χ0) is 8.55. The van der Waals surface area contributed by atoms with Crippen LogP contribution >= 0.6 is 0 Å². The summed E-state index contributed by atoms with van der Waals surface area (Å²) in [5.41, 5.74) is 3.46. The van der Waals surface area contributed by atoms with Gasteiger partial charge in [0.25, 0.3) is 0 Å². The van der Waals surface area contributed by atoms with Gasteiger partial charge in [-0.05, 0) is 38.0 Å². The number of unbranched alkanes of at least 4 members (excludes halogenated alkanes) is 1. The van der Waals surface area contributed by atoms with E-state index in [1.165, 1.54) is 25.7 Å². The standard InChI is InChI=1S/C12H18/c1-3-4-5-12-9(2)10-6-7-11(12)8-10/h6-7,10-11H,3-5,8H2,1-2H3. The molecule has 0 heteroatoms. The molecule has 0 aromatic rings. The van der Waals surface area contributed by atoms with Gasteiger partial charge in [-0.1, -0.05) is 36.6 Å². The summed E-state index contributed by atoms with van der Waals surface area (Å²) in [7, 11) is 0. The molecule has 2 aliphatic carbocycles. The SMILES string of the molecule is CCCCC1=C(C)C2C=CC1C2. The van der Waals surface area contributed by atoms with Crippen molar-refractivity contribution < 1.29 is 0 Å². The number of allylic oxidation sites excluding steroid dienone is 4. The van der Waals surface area contributed by atoms with Crippen LogP contribution in [0, 0.1) is 11.8 Å². The monoisotopic (exact) mass is 162 g/mol. The number of fused-ring (bicyclic) bond motifs is 2.